The number of hydrogen-bond acceptors (Lipinski definition) is 11. The maximum absolute atomic E-state index is 12.8. The third-order valence-corrected chi connectivity index (χ3v) is 9.88. The summed E-state index contributed by atoms with van der Waals surface area (Å²) < 4.78 is 42.9. The topological polar surface area (TPSA) is 159 Å². The largest absolute Gasteiger partial charge is 0.465 e. The van der Waals surface area contributed by atoms with Crippen LogP contribution in [0.4, 0.5) is 5.00 Å². The quantitative estimate of drug-likeness (QED) is 0.250. The Labute approximate surface area is 243 Å². The monoisotopic (exact) mass is 623 g/mol. The lowest BCUT2D eigenvalue weighted by Crippen LogP contribution is -2.28. The third-order valence-electron chi connectivity index (χ3n) is 6.25. The summed E-state index contributed by atoms with van der Waals surface area (Å²) >= 11 is 2.33. The lowest BCUT2D eigenvalue weighted by atomic mass is 10.1. The van der Waals surface area contributed by atoms with Crippen molar-refractivity contribution in [3.63, 3.8) is 0 Å². The van der Waals surface area contributed by atoms with Crippen molar-refractivity contribution in [3.05, 3.63) is 44.6 Å². The van der Waals surface area contributed by atoms with E-state index >= 15 is 0 Å². The van der Waals surface area contributed by atoms with Gasteiger partial charge in [0.25, 0.3) is 5.91 Å². The van der Waals surface area contributed by atoms with E-state index in [-0.39, 0.29) is 15.4 Å². The molecule has 1 aromatic carbocycles. The summed E-state index contributed by atoms with van der Waals surface area (Å²) in [7, 11) is -1.69. The van der Waals surface area contributed by atoms with Gasteiger partial charge in [-0.3, -0.25) is 9.59 Å². The Bertz CT molecular complexity index is 1680. The molecule has 1 aliphatic carbocycles. The number of ether oxygens (including phenoxy) is 3. The molecule has 0 saturated carbocycles. The summed E-state index contributed by atoms with van der Waals surface area (Å²) in [5.41, 5.74) is 2.06. The van der Waals surface area contributed by atoms with E-state index in [4.69, 9.17) is 14.2 Å². The van der Waals surface area contributed by atoms with E-state index in [9.17, 15) is 27.6 Å². The van der Waals surface area contributed by atoms with Crippen LogP contribution in [-0.2, 0) is 53.0 Å². The fraction of sp³-hybridized carbons (Fsp3) is 0.423. The molecule has 220 valence electrons. The van der Waals surface area contributed by atoms with Crippen LogP contribution in [0.5, 0.6) is 0 Å². The molecule has 0 atom stereocenters. The normalized spacial score (nSPS) is 13.3. The molecule has 41 heavy (non-hydrogen) atoms. The number of amides is 2. The first kappa shape index (κ1) is 30.6. The summed E-state index contributed by atoms with van der Waals surface area (Å²) in [5.74, 6) is -4.89. The van der Waals surface area contributed by atoms with Crippen LogP contribution in [0.25, 0.3) is 10.2 Å². The number of rotatable bonds is 11. The van der Waals surface area contributed by atoms with Gasteiger partial charge in [-0.2, -0.15) is 4.99 Å². The predicted octanol–water partition coefficient (Wildman–Crippen LogP) is 2.34. The maximum atomic E-state index is 12.8. The maximum Gasteiger partial charge on any atom is 0.341 e. The van der Waals surface area contributed by atoms with Gasteiger partial charge in [0.05, 0.1) is 42.2 Å². The van der Waals surface area contributed by atoms with Crippen molar-refractivity contribution in [2.75, 3.05) is 44.3 Å². The van der Waals surface area contributed by atoms with Crippen molar-refractivity contribution in [2.24, 2.45) is 4.99 Å². The van der Waals surface area contributed by atoms with E-state index < -0.39 is 45.1 Å². The number of methoxy groups -OCH3 is 2. The van der Waals surface area contributed by atoms with E-state index in [2.05, 4.69) is 10.3 Å². The number of aryl methyl sites for hydroxylation is 1. The Morgan fingerprint density at radius 2 is 1.80 bits per heavy atom. The molecule has 3 aromatic rings. The number of sulfone groups is 1. The Morgan fingerprint density at radius 3 is 2.51 bits per heavy atom. The van der Waals surface area contributed by atoms with Gasteiger partial charge in [0.2, 0.25) is 5.91 Å². The molecular weight excluding hydrogens is 594 g/mol. The molecule has 2 aromatic heterocycles. The number of carbonyl (C=O) groups excluding carboxylic acids is 4. The summed E-state index contributed by atoms with van der Waals surface area (Å²) in [5, 5.41) is 2.75. The van der Waals surface area contributed by atoms with Gasteiger partial charge in [0.15, 0.2) is 14.6 Å². The molecule has 0 aliphatic heterocycles. The lowest BCUT2D eigenvalue weighted by Gasteiger charge is -2.07. The molecule has 12 nitrogen and oxygen atoms in total. The SMILES string of the molecule is CCOCCn1c(=NC(=O)CS(=O)(=O)CC(=O)Nc2sc3c(c2C(=O)OC)CCC3)sc2cc(C(=O)OC)ccc21. The first-order valence-corrected chi connectivity index (χ1v) is 16.1. The minimum Gasteiger partial charge on any atom is -0.465 e. The third kappa shape index (κ3) is 7.09. The van der Waals surface area contributed by atoms with Crippen molar-refractivity contribution in [3.8, 4) is 0 Å². The van der Waals surface area contributed by atoms with Crippen LogP contribution in [0, 0.1) is 0 Å². The lowest BCUT2D eigenvalue weighted by molar-refractivity contribution is -0.115. The van der Waals surface area contributed by atoms with Crippen molar-refractivity contribution >= 4 is 71.5 Å². The summed E-state index contributed by atoms with van der Waals surface area (Å²) in [4.78, 5) is 54.9. The van der Waals surface area contributed by atoms with Crippen LogP contribution in [0.1, 0.15) is 44.5 Å². The molecule has 0 fully saturated rings. The molecule has 0 radical (unpaired) electrons. The second-order valence-electron chi connectivity index (χ2n) is 9.05. The smallest absolute Gasteiger partial charge is 0.341 e. The van der Waals surface area contributed by atoms with Crippen molar-refractivity contribution in [2.45, 2.75) is 32.7 Å². The number of thiophene rings is 1. The second-order valence-corrected chi connectivity index (χ2v) is 13.2. The van der Waals surface area contributed by atoms with Gasteiger partial charge < -0.3 is 24.1 Å². The average molecular weight is 624 g/mol. The van der Waals surface area contributed by atoms with E-state index in [0.29, 0.717) is 42.0 Å². The number of nitrogens with zero attached hydrogens (tertiary/aromatic N) is 2. The van der Waals surface area contributed by atoms with Gasteiger partial charge in [-0.25, -0.2) is 18.0 Å². The van der Waals surface area contributed by atoms with Gasteiger partial charge in [-0.15, -0.1) is 11.3 Å². The van der Waals surface area contributed by atoms with E-state index in [1.165, 1.54) is 25.6 Å². The number of thiazole rings is 1. The summed E-state index contributed by atoms with van der Waals surface area (Å²) in [6.45, 7) is 2.98. The highest BCUT2D eigenvalue weighted by molar-refractivity contribution is 7.92. The molecule has 1 aliphatic rings. The molecular formula is C26H29N3O9S3. The van der Waals surface area contributed by atoms with Gasteiger partial charge in [-0.05, 0) is 49.9 Å². The van der Waals surface area contributed by atoms with Crippen LogP contribution in [0.3, 0.4) is 0 Å². The first-order valence-electron chi connectivity index (χ1n) is 12.7. The minimum absolute atomic E-state index is 0.224. The highest BCUT2D eigenvalue weighted by Crippen LogP contribution is 2.39. The zero-order valence-electron chi connectivity index (χ0n) is 22.7. The summed E-state index contributed by atoms with van der Waals surface area (Å²) in [6, 6.07) is 4.88. The Kier molecular flexibility index (Phi) is 9.73. The van der Waals surface area contributed by atoms with Gasteiger partial charge in [0, 0.05) is 18.0 Å². The molecule has 0 bridgehead atoms. The van der Waals surface area contributed by atoms with E-state index in [1.54, 1.807) is 22.8 Å². The van der Waals surface area contributed by atoms with Crippen LogP contribution in [-0.4, -0.2) is 75.7 Å². The number of anilines is 1. The molecule has 4 rings (SSSR count). The molecule has 0 spiro atoms. The Morgan fingerprint density at radius 1 is 1.05 bits per heavy atom. The number of aromatic nitrogens is 1. The van der Waals surface area contributed by atoms with Crippen LogP contribution >= 0.6 is 22.7 Å². The number of esters is 2. The Hall–Kier alpha value is -3.40. The van der Waals surface area contributed by atoms with Crippen LogP contribution in [0.2, 0.25) is 0 Å². The highest BCUT2D eigenvalue weighted by Gasteiger charge is 2.29. The van der Waals surface area contributed by atoms with Gasteiger partial charge in [0.1, 0.15) is 16.5 Å². The fourth-order valence-electron chi connectivity index (χ4n) is 4.47. The van der Waals surface area contributed by atoms with E-state index in [0.717, 1.165) is 34.6 Å². The number of benzene rings is 1. The first-order chi connectivity index (χ1) is 19.6. The average Bonchev–Trinajstić information content (AvgIpc) is 3.59. The highest BCUT2D eigenvalue weighted by atomic mass is 32.2. The van der Waals surface area contributed by atoms with Crippen molar-refractivity contribution in [1.29, 1.82) is 0 Å². The zero-order chi connectivity index (χ0) is 29.7. The molecule has 15 heteroatoms. The van der Waals surface area contributed by atoms with E-state index in [1.807, 2.05) is 6.92 Å². The number of carbonyl (C=O) groups is 4. The van der Waals surface area contributed by atoms with Gasteiger partial charge >= 0.3 is 11.9 Å². The summed E-state index contributed by atoms with van der Waals surface area (Å²) in [6.07, 6.45) is 2.32. The van der Waals surface area contributed by atoms with Crippen LogP contribution < -0.4 is 10.1 Å². The van der Waals surface area contributed by atoms with Gasteiger partial charge in [-0.1, -0.05) is 11.3 Å². The zero-order valence-corrected chi connectivity index (χ0v) is 25.1. The fourth-order valence-corrected chi connectivity index (χ4v) is 7.89. The molecule has 2 heterocycles. The van der Waals surface area contributed by atoms with Crippen molar-refractivity contribution < 1.29 is 41.8 Å². The van der Waals surface area contributed by atoms with Crippen molar-refractivity contribution in [1.82, 2.24) is 4.57 Å². The molecule has 0 unspecified atom stereocenters. The molecule has 2 amide bonds. The molecule has 1 N–H and O–H groups in total. The number of nitrogens with one attached hydrogen (secondary N) is 1. The standard InChI is InChI=1S/C26H29N3O9S3/c1-4-38-11-10-29-17-9-8-15(24(32)36-2)12-19(17)40-26(29)28-21(31)14-41(34,35)13-20(30)27-23-22(25(33)37-3)16-6-5-7-18(16)39-23/h8-9,12H,4-7,10-11,13-14H2,1-3H3,(H,27,30). The van der Waals surface area contributed by atoms with Crippen LogP contribution in [0.15, 0.2) is 23.2 Å². The Balaban J connectivity index is 1.53. The minimum atomic E-state index is -4.20. The second kappa shape index (κ2) is 13.1. The number of fused-ring (bicyclic) bond motifs is 2. The molecule has 0 saturated heterocycles. The number of hydrogen-bond donors (Lipinski definition) is 1. The predicted molar refractivity (Wildman–Crippen MR) is 153 cm³/mol.